The van der Waals surface area contributed by atoms with Crippen molar-refractivity contribution in [1.29, 1.82) is 0 Å². The van der Waals surface area contributed by atoms with Gasteiger partial charge in [0.25, 0.3) is 0 Å². The molecule has 0 aliphatic carbocycles. The first-order valence-corrected chi connectivity index (χ1v) is 10.5. The molecule has 4 aromatic rings. The first kappa shape index (κ1) is 22.0. The molecule has 0 spiro atoms. The van der Waals surface area contributed by atoms with Crippen LogP contribution in [0.4, 0.5) is 0 Å². The van der Waals surface area contributed by atoms with E-state index in [2.05, 4.69) is 5.10 Å². The fourth-order valence-electron chi connectivity index (χ4n) is 3.79. The molecule has 0 unspecified atom stereocenters. The van der Waals surface area contributed by atoms with E-state index < -0.39 is 11.9 Å². The Bertz CT molecular complexity index is 1270. The first-order valence-electron chi connectivity index (χ1n) is 10.5. The highest BCUT2D eigenvalue weighted by atomic mass is 16.6. The summed E-state index contributed by atoms with van der Waals surface area (Å²) < 4.78 is 7.42. The highest BCUT2D eigenvalue weighted by molar-refractivity contribution is 5.91. The Labute approximate surface area is 191 Å². The van der Waals surface area contributed by atoms with Gasteiger partial charge in [0, 0.05) is 4.92 Å². The number of hydrogen-bond donors (Lipinski definition) is 0. The number of benzene rings is 3. The van der Waals surface area contributed by atoms with E-state index in [0.29, 0.717) is 22.5 Å². The second-order valence-corrected chi connectivity index (χ2v) is 7.79. The Morgan fingerprint density at radius 3 is 2.18 bits per heavy atom. The smallest absolute Gasteiger partial charge is 0.344 e. The Morgan fingerprint density at radius 1 is 0.970 bits per heavy atom. The maximum atomic E-state index is 13.0. The summed E-state index contributed by atoms with van der Waals surface area (Å²) in [4.78, 5) is 24.3. The number of nitro groups is 1. The molecule has 1 atom stereocenters. The molecule has 7 nitrogen and oxygen atoms in total. The first-order chi connectivity index (χ1) is 15.9. The predicted octanol–water partition coefficient (Wildman–Crippen LogP) is 5.12. The molecule has 0 fully saturated rings. The summed E-state index contributed by atoms with van der Waals surface area (Å²) in [6, 6.07) is 25.4. The normalized spacial score (nSPS) is 11.7. The van der Waals surface area contributed by atoms with E-state index >= 15 is 0 Å². The lowest BCUT2D eigenvalue weighted by atomic mass is 9.90. The van der Waals surface area contributed by atoms with Crippen molar-refractivity contribution in [2.75, 3.05) is 6.54 Å². The van der Waals surface area contributed by atoms with Crippen molar-refractivity contribution in [3.63, 3.8) is 0 Å². The van der Waals surface area contributed by atoms with Crippen LogP contribution in [-0.4, -0.2) is 27.2 Å². The molecule has 0 radical (unpaired) electrons. The molecular weight excluding hydrogens is 418 g/mol. The third-order valence-corrected chi connectivity index (χ3v) is 5.42. The van der Waals surface area contributed by atoms with Crippen LogP contribution in [0.25, 0.3) is 5.69 Å². The number of carbonyl (C=O) groups excluding carboxylic acids is 1. The van der Waals surface area contributed by atoms with E-state index in [4.69, 9.17) is 4.74 Å². The van der Waals surface area contributed by atoms with Gasteiger partial charge in [-0.25, -0.2) is 9.48 Å². The standard InChI is InChI=1S/C26H23N3O4/c1-18-13-15-20(16-14-18)23(17-28(31)32)24-19(2)27-29(22-11-7-4-8-12-22)25(24)33-26(30)21-9-5-3-6-10-21/h3-16,23H,17H2,1-2H3/t23-/m0/s1. The second-order valence-electron chi connectivity index (χ2n) is 7.79. The number of nitrogens with zero attached hydrogens (tertiary/aromatic N) is 3. The molecule has 0 saturated carbocycles. The third-order valence-electron chi connectivity index (χ3n) is 5.42. The summed E-state index contributed by atoms with van der Waals surface area (Å²) in [5, 5.41) is 16.3. The Balaban J connectivity index is 1.88. The van der Waals surface area contributed by atoms with Crippen molar-refractivity contribution in [3.05, 3.63) is 123 Å². The molecule has 0 saturated heterocycles. The van der Waals surface area contributed by atoms with Crippen LogP contribution in [-0.2, 0) is 0 Å². The highest BCUT2D eigenvalue weighted by Crippen LogP contribution is 2.37. The molecule has 7 heteroatoms. The fourth-order valence-corrected chi connectivity index (χ4v) is 3.79. The molecule has 0 amide bonds. The van der Waals surface area contributed by atoms with Gasteiger partial charge in [-0.1, -0.05) is 66.2 Å². The number of rotatable bonds is 7. The van der Waals surface area contributed by atoms with Crippen LogP contribution in [0, 0.1) is 24.0 Å². The lowest BCUT2D eigenvalue weighted by molar-refractivity contribution is -0.481. The average Bonchev–Trinajstić information content (AvgIpc) is 3.14. The van der Waals surface area contributed by atoms with Gasteiger partial charge in [0.2, 0.25) is 12.4 Å². The van der Waals surface area contributed by atoms with Gasteiger partial charge in [-0.15, -0.1) is 0 Å². The lowest BCUT2D eigenvalue weighted by Crippen LogP contribution is -2.18. The zero-order valence-corrected chi connectivity index (χ0v) is 18.3. The topological polar surface area (TPSA) is 87.3 Å². The summed E-state index contributed by atoms with van der Waals surface area (Å²) in [6.45, 7) is 3.37. The van der Waals surface area contributed by atoms with Crippen LogP contribution in [0.5, 0.6) is 5.88 Å². The molecule has 1 aromatic heterocycles. The van der Waals surface area contributed by atoms with E-state index in [1.807, 2.05) is 67.6 Å². The molecule has 33 heavy (non-hydrogen) atoms. The lowest BCUT2D eigenvalue weighted by Gasteiger charge is -2.16. The quantitative estimate of drug-likeness (QED) is 0.226. The van der Waals surface area contributed by atoms with Crippen molar-refractivity contribution in [1.82, 2.24) is 9.78 Å². The molecule has 0 aliphatic heterocycles. The van der Waals surface area contributed by atoms with Gasteiger partial charge >= 0.3 is 5.97 Å². The van der Waals surface area contributed by atoms with E-state index in [1.54, 1.807) is 31.2 Å². The van der Waals surface area contributed by atoms with Crippen molar-refractivity contribution in [3.8, 4) is 11.6 Å². The third kappa shape index (κ3) is 4.82. The van der Waals surface area contributed by atoms with Crippen molar-refractivity contribution in [2.45, 2.75) is 19.8 Å². The van der Waals surface area contributed by atoms with Gasteiger partial charge in [0.05, 0.1) is 28.4 Å². The fraction of sp³-hybridized carbons (Fsp3) is 0.154. The van der Waals surface area contributed by atoms with Gasteiger partial charge in [0.1, 0.15) is 0 Å². The molecule has 4 rings (SSSR count). The van der Waals surface area contributed by atoms with Crippen molar-refractivity contribution >= 4 is 5.97 Å². The average molecular weight is 441 g/mol. The predicted molar refractivity (Wildman–Crippen MR) is 125 cm³/mol. The zero-order chi connectivity index (χ0) is 23.4. The van der Waals surface area contributed by atoms with E-state index in [0.717, 1.165) is 11.1 Å². The molecule has 0 N–H and O–H groups in total. The van der Waals surface area contributed by atoms with E-state index in [-0.39, 0.29) is 17.3 Å². The maximum Gasteiger partial charge on any atom is 0.344 e. The largest absolute Gasteiger partial charge is 0.403 e. The van der Waals surface area contributed by atoms with Crippen molar-refractivity contribution in [2.24, 2.45) is 0 Å². The number of hydrogen-bond acceptors (Lipinski definition) is 5. The van der Waals surface area contributed by atoms with E-state index in [9.17, 15) is 14.9 Å². The molecule has 166 valence electrons. The monoisotopic (exact) mass is 441 g/mol. The number of para-hydroxylation sites is 1. The maximum absolute atomic E-state index is 13.0. The summed E-state index contributed by atoms with van der Waals surface area (Å²) in [5.41, 5.74) is 3.94. The number of ether oxygens (including phenoxy) is 1. The minimum absolute atomic E-state index is 0.181. The molecule has 1 heterocycles. The SMILES string of the molecule is Cc1ccc([C@H](C[N+](=O)[O-])c2c(C)nn(-c3ccccc3)c2OC(=O)c2ccccc2)cc1. The molecular formula is C26H23N3O4. The minimum atomic E-state index is -0.642. The number of aryl methyl sites for hydroxylation is 2. The minimum Gasteiger partial charge on any atom is -0.403 e. The van der Waals surface area contributed by atoms with Crippen LogP contribution in [0.2, 0.25) is 0 Å². The summed E-state index contributed by atoms with van der Waals surface area (Å²) >= 11 is 0. The van der Waals surface area contributed by atoms with Crippen LogP contribution >= 0.6 is 0 Å². The molecule has 0 aliphatic rings. The highest BCUT2D eigenvalue weighted by Gasteiger charge is 2.31. The Hall–Kier alpha value is -4.26. The van der Waals surface area contributed by atoms with Crippen LogP contribution < -0.4 is 4.74 Å². The molecule has 0 bridgehead atoms. The second kappa shape index (κ2) is 9.48. The van der Waals surface area contributed by atoms with E-state index in [1.165, 1.54) is 4.68 Å². The van der Waals surface area contributed by atoms with Gasteiger partial charge in [-0.3, -0.25) is 10.1 Å². The Morgan fingerprint density at radius 2 is 1.58 bits per heavy atom. The number of aromatic nitrogens is 2. The number of esters is 1. The number of carbonyl (C=O) groups is 1. The summed E-state index contributed by atoms with van der Waals surface area (Å²) in [6.07, 6.45) is 0. The van der Waals surface area contributed by atoms with Crippen molar-refractivity contribution < 1.29 is 14.5 Å². The Kier molecular flexibility index (Phi) is 6.31. The van der Waals surface area contributed by atoms with Crippen LogP contribution in [0.1, 0.15) is 38.7 Å². The van der Waals surface area contributed by atoms with Crippen LogP contribution in [0.15, 0.2) is 84.9 Å². The summed E-state index contributed by atoms with van der Waals surface area (Å²) in [5.74, 6) is -1.02. The van der Waals surface area contributed by atoms with Gasteiger partial charge in [-0.05, 0) is 43.7 Å². The van der Waals surface area contributed by atoms with Crippen LogP contribution in [0.3, 0.4) is 0 Å². The zero-order valence-electron chi connectivity index (χ0n) is 18.3. The summed E-state index contributed by atoms with van der Waals surface area (Å²) in [7, 11) is 0. The van der Waals surface area contributed by atoms with Gasteiger partial charge in [0.15, 0.2) is 0 Å². The van der Waals surface area contributed by atoms with Gasteiger partial charge in [-0.2, -0.15) is 5.10 Å². The molecule has 3 aromatic carbocycles. The van der Waals surface area contributed by atoms with Gasteiger partial charge < -0.3 is 4.74 Å².